The SMILES string of the molecule is c1ccc2c(c1)cc(-c1ccc3cc(-c4ccc5ccc(-c6cc7cccnc7c7ncccc67)nc5c4)ccc3n1)c1ccccc12.c1cnc2c(c1)ccc1ccc(-c3ccc(-c4ccc5cc(-c6ccc7ccc(-c8cc9cccnc9c9ncccc89)nc7c6)ccc5n4)cc3)nc12. The van der Waals surface area contributed by atoms with Gasteiger partial charge >= 0.3 is 0 Å². The summed E-state index contributed by atoms with van der Waals surface area (Å²) in [5, 5.41) is 15.7. The van der Waals surface area contributed by atoms with Crippen molar-refractivity contribution in [2.45, 2.75) is 0 Å². The second-order valence-corrected chi connectivity index (χ2v) is 25.9. The molecule has 10 nitrogen and oxygen atoms in total. The van der Waals surface area contributed by atoms with E-state index in [9.17, 15) is 0 Å². The third-order valence-corrected chi connectivity index (χ3v) is 19.9. The Labute approximate surface area is 583 Å². The molecule has 0 amide bonds. The lowest BCUT2D eigenvalue weighted by atomic mass is 9.95. The molecular weight excluding hydrogens is 1250 g/mol. The van der Waals surface area contributed by atoms with Crippen molar-refractivity contribution in [2.24, 2.45) is 0 Å². The van der Waals surface area contributed by atoms with Crippen LogP contribution in [0, 0.1) is 0 Å². The number of hydrogen-bond acceptors (Lipinski definition) is 10. The van der Waals surface area contributed by atoms with Crippen LogP contribution in [0.2, 0.25) is 0 Å². The molecule has 0 aliphatic rings. The quantitative estimate of drug-likeness (QED) is 0.142. The van der Waals surface area contributed by atoms with Crippen molar-refractivity contribution >= 4 is 131 Å². The van der Waals surface area contributed by atoms with Gasteiger partial charge in [0, 0.05) is 113 Å². The summed E-state index contributed by atoms with van der Waals surface area (Å²) in [6, 6.07) is 104. The fourth-order valence-corrected chi connectivity index (χ4v) is 14.8. The van der Waals surface area contributed by atoms with Crippen molar-refractivity contribution < 1.29 is 0 Å². The van der Waals surface area contributed by atoms with Crippen molar-refractivity contribution in [2.75, 3.05) is 0 Å². The molecule has 0 bridgehead atoms. The lowest BCUT2D eigenvalue weighted by Gasteiger charge is -2.12. The molecule has 0 aliphatic carbocycles. The molecule has 21 aromatic rings. The van der Waals surface area contributed by atoms with Crippen LogP contribution in [-0.2, 0) is 0 Å². The van der Waals surface area contributed by atoms with Gasteiger partial charge in [0.05, 0.1) is 83.6 Å². The topological polar surface area (TPSA) is 129 Å². The molecule has 0 N–H and O–H groups in total. The fourth-order valence-electron chi connectivity index (χ4n) is 14.8. The van der Waals surface area contributed by atoms with Gasteiger partial charge in [-0.2, -0.15) is 0 Å². The monoisotopic (exact) mass is 1300 g/mol. The lowest BCUT2D eigenvalue weighted by molar-refractivity contribution is 1.36. The van der Waals surface area contributed by atoms with Crippen LogP contribution in [0.1, 0.15) is 0 Å². The molecule has 10 heterocycles. The summed E-state index contributed by atoms with van der Waals surface area (Å²) in [5.41, 5.74) is 23.7. The summed E-state index contributed by atoms with van der Waals surface area (Å²) in [6.45, 7) is 0. The molecule has 472 valence electrons. The van der Waals surface area contributed by atoms with Crippen LogP contribution in [0.5, 0.6) is 0 Å². The summed E-state index contributed by atoms with van der Waals surface area (Å²) in [7, 11) is 0. The minimum atomic E-state index is 0.886. The number of rotatable bonds is 7. The predicted molar refractivity (Wildman–Crippen MR) is 419 cm³/mol. The number of benzene rings is 11. The van der Waals surface area contributed by atoms with Crippen LogP contribution in [0.3, 0.4) is 0 Å². The molecule has 0 aliphatic heterocycles. The zero-order valence-corrected chi connectivity index (χ0v) is 54.6. The van der Waals surface area contributed by atoms with E-state index in [2.05, 4.69) is 287 Å². The summed E-state index contributed by atoms with van der Waals surface area (Å²) < 4.78 is 0. The first kappa shape index (κ1) is 58.2. The van der Waals surface area contributed by atoms with E-state index in [0.29, 0.717) is 0 Å². The van der Waals surface area contributed by atoms with Crippen LogP contribution in [0.4, 0.5) is 0 Å². The minimum absolute atomic E-state index is 0.886. The van der Waals surface area contributed by atoms with Gasteiger partial charge in [0.25, 0.3) is 0 Å². The molecule has 10 aromatic heterocycles. The summed E-state index contributed by atoms with van der Waals surface area (Å²) >= 11 is 0. The normalized spacial score (nSPS) is 11.7. The van der Waals surface area contributed by atoms with E-state index in [1.807, 2.05) is 61.3 Å². The Hall–Kier alpha value is -14.0. The molecule has 0 atom stereocenters. The Morgan fingerprint density at radius 1 is 0.157 bits per heavy atom. The first-order chi connectivity index (χ1) is 50.5. The van der Waals surface area contributed by atoms with Crippen molar-refractivity contribution in [3.63, 3.8) is 0 Å². The number of pyridine rings is 10. The van der Waals surface area contributed by atoms with E-state index in [0.717, 1.165) is 188 Å². The van der Waals surface area contributed by atoms with E-state index in [-0.39, 0.29) is 0 Å². The fraction of sp³-hybridized carbons (Fsp3) is 0. The van der Waals surface area contributed by atoms with Crippen molar-refractivity contribution in [1.82, 2.24) is 49.8 Å². The van der Waals surface area contributed by atoms with Gasteiger partial charge in [-0.3, -0.25) is 24.9 Å². The van der Waals surface area contributed by atoms with Gasteiger partial charge in [-0.15, -0.1) is 0 Å². The van der Waals surface area contributed by atoms with E-state index < -0.39 is 0 Å². The van der Waals surface area contributed by atoms with E-state index in [1.54, 1.807) is 0 Å². The lowest BCUT2D eigenvalue weighted by Crippen LogP contribution is -1.91. The third-order valence-electron chi connectivity index (χ3n) is 19.9. The molecule has 0 radical (unpaired) electrons. The van der Waals surface area contributed by atoms with Gasteiger partial charge in [-0.25, -0.2) is 24.9 Å². The van der Waals surface area contributed by atoms with E-state index in [4.69, 9.17) is 29.9 Å². The molecule has 0 saturated heterocycles. The van der Waals surface area contributed by atoms with E-state index >= 15 is 0 Å². The number of hydrogen-bond donors (Lipinski definition) is 0. The zero-order valence-electron chi connectivity index (χ0n) is 54.6. The van der Waals surface area contributed by atoms with Gasteiger partial charge in [0.2, 0.25) is 0 Å². The Balaban J connectivity index is 0.000000138. The maximum absolute atomic E-state index is 5.18. The Morgan fingerprint density at radius 3 is 1.05 bits per heavy atom. The first-order valence-electron chi connectivity index (χ1n) is 34.0. The van der Waals surface area contributed by atoms with Crippen LogP contribution < -0.4 is 0 Å². The molecule has 102 heavy (non-hydrogen) atoms. The Kier molecular flexibility index (Phi) is 13.7. The van der Waals surface area contributed by atoms with Crippen LogP contribution in [-0.4, -0.2) is 49.8 Å². The van der Waals surface area contributed by atoms with Gasteiger partial charge < -0.3 is 0 Å². The van der Waals surface area contributed by atoms with Crippen molar-refractivity contribution in [1.29, 1.82) is 0 Å². The molecule has 0 saturated carbocycles. The highest BCUT2D eigenvalue weighted by Crippen LogP contribution is 2.40. The van der Waals surface area contributed by atoms with Gasteiger partial charge in [-0.05, 0) is 159 Å². The van der Waals surface area contributed by atoms with Crippen LogP contribution in [0.15, 0.2) is 328 Å². The van der Waals surface area contributed by atoms with Crippen LogP contribution >= 0.6 is 0 Å². The summed E-state index contributed by atoms with van der Waals surface area (Å²) in [6.07, 6.45) is 9.11. The summed E-state index contributed by atoms with van der Waals surface area (Å²) in [5.74, 6) is 0. The first-order valence-corrected chi connectivity index (χ1v) is 34.0. The Morgan fingerprint density at radius 2 is 0.490 bits per heavy atom. The highest BCUT2D eigenvalue weighted by Gasteiger charge is 2.18. The smallest absolute Gasteiger partial charge is 0.0972 e. The highest BCUT2D eigenvalue weighted by atomic mass is 14.8. The highest BCUT2D eigenvalue weighted by molar-refractivity contribution is 6.15. The minimum Gasteiger partial charge on any atom is -0.254 e. The number of aromatic nitrogens is 10. The Bertz CT molecular complexity index is 7040. The van der Waals surface area contributed by atoms with Crippen LogP contribution in [0.25, 0.3) is 209 Å². The van der Waals surface area contributed by atoms with E-state index in [1.165, 1.54) is 21.5 Å². The number of nitrogens with zero attached hydrogens (tertiary/aromatic N) is 10. The standard InChI is InChI=1S/C48H28N6.C44H26N4/c1-4-32-12-13-33-16-19-41(54-47(33)45(32)49-23-1)30-9-7-29(8-10-30)40-21-18-36-26-34(17-20-42(36)52-40)35-14-11-31-15-22-43(53-44(31)28-35)39-27-37-5-2-24-50-46(37)48-38(39)6-3-25-51-48;1-2-9-33-30(7-1)24-37(35-11-4-3-10-34(33)35)40-20-17-31-23-28(16-18-39(31)47-40)29-14-13-27-15-19-41(48-42(27)26-29)38-25-32-8-5-21-45-43(32)44-36(38)12-6-22-46-44/h1-28H;1-26H. The van der Waals surface area contributed by atoms with Gasteiger partial charge in [0.15, 0.2) is 0 Å². The maximum Gasteiger partial charge on any atom is 0.0972 e. The number of fused-ring (bicyclic) bond motifs is 16. The van der Waals surface area contributed by atoms with Crippen molar-refractivity contribution in [3.05, 3.63) is 328 Å². The molecule has 0 fully saturated rings. The molecule has 0 unspecified atom stereocenters. The largest absolute Gasteiger partial charge is 0.254 e. The van der Waals surface area contributed by atoms with Crippen molar-refractivity contribution in [3.8, 4) is 78.5 Å². The molecule has 0 spiro atoms. The zero-order chi connectivity index (χ0) is 67.2. The second-order valence-electron chi connectivity index (χ2n) is 25.9. The average molecular weight is 1300 g/mol. The average Bonchev–Trinajstić information content (AvgIpc) is 0.724. The maximum atomic E-state index is 5.18. The molecular formula is C92H54N10. The molecule has 11 aromatic carbocycles. The molecule has 10 heteroatoms. The second kappa shape index (κ2) is 23.9. The predicted octanol–water partition coefficient (Wildman–Crippen LogP) is 22.8. The van der Waals surface area contributed by atoms with Gasteiger partial charge in [0.1, 0.15) is 0 Å². The summed E-state index contributed by atoms with van der Waals surface area (Å²) in [4.78, 5) is 48.8. The molecule has 21 rings (SSSR count). The van der Waals surface area contributed by atoms with Gasteiger partial charge in [-0.1, -0.05) is 182 Å². The third kappa shape index (κ3) is 10.2.